The molecule has 4 saturated carbocycles. The average molecular weight is 285 g/mol. The first-order valence-corrected chi connectivity index (χ1v) is 8.61. The van der Waals surface area contributed by atoms with Crippen LogP contribution in [0.5, 0.6) is 0 Å². The molecule has 2 nitrogen and oxygen atoms in total. The van der Waals surface area contributed by atoms with Crippen molar-refractivity contribution in [1.29, 1.82) is 0 Å². The summed E-state index contributed by atoms with van der Waals surface area (Å²) in [6, 6.07) is 10.7. The third kappa shape index (κ3) is 2.64. The van der Waals surface area contributed by atoms with Crippen LogP contribution in [0.25, 0.3) is 0 Å². The van der Waals surface area contributed by atoms with Gasteiger partial charge in [0.15, 0.2) is 0 Å². The van der Waals surface area contributed by atoms with Crippen molar-refractivity contribution in [3.8, 4) is 0 Å². The van der Waals surface area contributed by atoms with Crippen LogP contribution in [0, 0.1) is 23.2 Å². The van der Waals surface area contributed by atoms with Crippen LogP contribution in [0.15, 0.2) is 30.3 Å². The van der Waals surface area contributed by atoms with E-state index >= 15 is 0 Å². The summed E-state index contributed by atoms with van der Waals surface area (Å²) < 4.78 is 5.95. The molecule has 0 saturated heterocycles. The molecular weight excluding hydrogens is 258 g/mol. The molecule has 1 aromatic rings. The predicted molar refractivity (Wildman–Crippen MR) is 84.7 cm³/mol. The summed E-state index contributed by atoms with van der Waals surface area (Å²) in [5.74, 6) is 2.91. The highest BCUT2D eigenvalue weighted by molar-refractivity contribution is 5.13. The van der Waals surface area contributed by atoms with Gasteiger partial charge in [0.25, 0.3) is 0 Å². The first-order valence-electron chi connectivity index (χ1n) is 8.61. The second kappa shape index (κ2) is 5.40. The van der Waals surface area contributed by atoms with Gasteiger partial charge in [-0.05, 0) is 67.3 Å². The minimum absolute atomic E-state index is 0.231. The van der Waals surface area contributed by atoms with Gasteiger partial charge in [-0.1, -0.05) is 30.3 Å². The molecule has 21 heavy (non-hydrogen) atoms. The Hall–Kier alpha value is -0.860. The van der Waals surface area contributed by atoms with E-state index in [0.717, 1.165) is 24.4 Å². The lowest BCUT2D eigenvalue weighted by Crippen LogP contribution is -2.55. The van der Waals surface area contributed by atoms with Crippen molar-refractivity contribution < 1.29 is 4.74 Å². The van der Waals surface area contributed by atoms with Crippen molar-refractivity contribution in [2.75, 3.05) is 6.61 Å². The van der Waals surface area contributed by atoms with Crippen LogP contribution in [0.2, 0.25) is 0 Å². The van der Waals surface area contributed by atoms with Gasteiger partial charge >= 0.3 is 0 Å². The number of ether oxygens (including phenoxy) is 1. The van der Waals surface area contributed by atoms with Crippen molar-refractivity contribution in [1.82, 2.24) is 0 Å². The van der Waals surface area contributed by atoms with E-state index in [1.165, 1.54) is 44.1 Å². The zero-order chi connectivity index (χ0) is 14.3. The van der Waals surface area contributed by atoms with Crippen LogP contribution in [-0.4, -0.2) is 12.6 Å². The van der Waals surface area contributed by atoms with Crippen LogP contribution < -0.4 is 5.73 Å². The first kappa shape index (κ1) is 13.8. The molecule has 4 aliphatic carbocycles. The molecule has 4 aliphatic rings. The quantitative estimate of drug-likeness (QED) is 0.894. The van der Waals surface area contributed by atoms with E-state index in [2.05, 4.69) is 24.3 Å². The molecule has 1 aromatic carbocycles. The van der Waals surface area contributed by atoms with Crippen LogP contribution in [0.4, 0.5) is 0 Å². The number of hydrogen-bond acceptors (Lipinski definition) is 2. The molecule has 0 heterocycles. The van der Waals surface area contributed by atoms with E-state index in [0.29, 0.717) is 12.0 Å². The Morgan fingerprint density at radius 3 is 2.14 bits per heavy atom. The third-order valence-electron chi connectivity index (χ3n) is 6.28. The van der Waals surface area contributed by atoms with E-state index in [4.69, 9.17) is 10.5 Å². The Morgan fingerprint density at radius 1 is 1.00 bits per heavy atom. The molecule has 5 rings (SSSR count). The smallest absolute Gasteiger partial charge is 0.0717 e. The maximum absolute atomic E-state index is 6.61. The van der Waals surface area contributed by atoms with Gasteiger partial charge in [-0.2, -0.15) is 0 Å². The number of hydrogen-bond donors (Lipinski definition) is 1. The molecule has 1 atom stereocenters. The molecule has 4 bridgehead atoms. The fourth-order valence-electron chi connectivity index (χ4n) is 5.69. The Bertz CT molecular complexity index is 448. The minimum atomic E-state index is 0.231. The molecule has 114 valence electrons. The molecule has 0 radical (unpaired) electrons. The summed E-state index contributed by atoms with van der Waals surface area (Å²) in [5, 5.41) is 0. The molecule has 4 fully saturated rings. The molecule has 1 unspecified atom stereocenters. The zero-order valence-corrected chi connectivity index (χ0v) is 12.8. The van der Waals surface area contributed by atoms with Gasteiger partial charge in [0.2, 0.25) is 0 Å². The Balaban J connectivity index is 1.35. The summed E-state index contributed by atoms with van der Waals surface area (Å²) >= 11 is 0. The predicted octanol–water partition coefficient (Wildman–Crippen LogP) is 3.75. The average Bonchev–Trinajstić information content (AvgIpc) is 2.47. The Labute approximate surface area is 128 Å². The second-order valence-corrected chi connectivity index (χ2v) is 7.89. The summed E-state index contributed by atoms with van der Waals surface area (Å²) in [6.07, 6.45) is 8.56. The minimum Gasteiger partial charge on any atom is -0.375 e. The molecule has 2 N–H and O–H groups in total. The van der Waals surface area contributed by atoms with Crippen LogP contribution in [0.3, 0.4) is 0 Å². The molecule has 0 spiro atoms. The summed E-state index contributed by atoms with van der Waals surface area (Å²) in [6.45, 7) is 1.42. The first-order chi connectivity index (χ1) is 10.2. The summed E-state index contributed by atoms with van der Waals surface area (Å²) in [4.78, 5) is 0. The lowest BCUT2D eigenvalue weighted by atomic mass is 9.48. The van der Waals surface area contributed by atoms with Crippen molar-refractivity contribution in [2.24, 2.45) is 28.9 Å². The summed E-state index contributed by atoms with van der Waals surface area (Å²) in [7, 11) is 0. The van der Waals surface area contributed by atoms with Gasteiger partial charge in [0.05, 0.1) is 13.2 Å². The van der Waals surface area contributed by atoms with Crippen molar-refractivity contribution in [2.45, 2.75) is 51.2 Å². The fraction of sp³-hybridized carbons (Fsp3) is 0.684. The molecular formula is C19H27NO. The van der Waals surface area contributed by atoms with Gasteiger partial charge in [-0.15, -0.1) is 0 Å². The largest absolute Gasteiger partial charge is 0.375 e. The van der Waals surface area contributed by atoms with Crippen LogP contribution in [0.1, 0.15) is 44.1 Å². The van der Waals surface area contributed by atoms with Gasteiger partial charge in [0.1, 0.15) is 0 Å². The highest BCUT2D eigenvalue weighted by atomic mass is 16.5. The van der Waals surface area contributed by atoms with Crippen molar-refractivity contribution in [3.05, 3.63) is 35.9 Å². The molecule has 0 amide bonds. The third-order valence-corrected chi connectivity index (χ3v) is 6.28. The SMILES string of the molecule is NC(COCc1ccccc1)C12CC3CC(CC(C3)C1)C2. The van der Waals surface area contributed by atoms with E-state index in [9.17, 15) is 0 Å². The van der Waals surface area contributed by atoms with E-state index < -0.39 is 0 Å². The van der Waals surface area contributed by atoms with Crippen molar-refractivity contribution in [3.63, 3.8) is 0 Å². The maximum Gasteiger partial charge on any atom is 0.0717 e. The molecule has 0 aliphatic heterocycles. The Morgan fingerprint density at radius 2 is 1.57 bits per heavy atom. The lowest BCUT2D eigenvalue weighted by molar-refractivity contribution is -0.0818. The van der Waals surface area contributed by atoms with E-state index in [-0.39, 0.29) is 6.04 Å². The number of rotatable bonds is 5. The highest BCUT2D eigenvalue weighted by Crippen LogP contribution is 2.60. The van der Waals surface area contributed by atoms with E-state index in [1.54, 1.807) is 0 Å². The standard InChI is InChI=1S/C19H27NO/c20-18(13-21-12-14-4-2-1-3-5-14)19-9-15-6-16(10-19)8-17(7-15)11-19/h1-5,15-18H,6-13,20H2. The lowest BCUT2D eigenvalue weighted by Gasteiger charge is -2.58. The molecule has 0 aromatic heterocycles. The monoisotopic (exact) mass is 285 g/mol. The maximum atomic E-state index is 6.61. The Kier molecular flexibility index (Phi) is 3.55. The van der Waals surface area contributed by atoms with E-state index in [1.807, 2.05) is 6.07 Å². The second-order valence-electron chi connectivity index (χ2n) is 7.89. The zero-order valence-electron chi connectivity index (χ0n) is 12.8. The van der Waals surface area contributed by atoms with Crippen LogP contribution in [-0.2, 0) is 11.3 Å². The van der Waals surface area contributed by atoms with Gasteiger partial charge < -0.3 is 10.5 Å². The van der Waals surface area contributed by atoms with Gasteiger partial charge in [0, 0.05) is 6.04 Å². The normalized spacial score (nSPS) is 38.6. The number of benzene rings is 1. The fourth-order valence-corrected chi connectivity index (χ4v) is 5.69. The molecule has 2 heteroatoms. The van der Waals surface area contributed by atoms with Gasteiger partial charge in [-0.25, -0.2) is 0 Å². The summed E-state index contributed by atoms with van der Waals surface area (Å²) in [5.41, 5.74) is 8.27. The van der Waals surface area contributed by atoms with Crippen LogP contribution >= 0.6 is 0 Å². The highest BCUT2D eigenvalue weighted by Gasteiger charge is 2.53. The number of nitrogens with two attached hydrogens (primary N) is 1. The topological polar surface area (TPSA) is 35.2 Å². The van der Waals surface area contributed by atoms with Gasteiger partial charge in [-0.3, -0.25) is 0 Å². The van der Waals surface area contributed by atoms with Crippen molar-refractivity contribution >= 4 is 0 Å².